The van der Waals surface area contributed by atoms with Gasteiger partial charge in [0.25, 0.3) is 8.32 Å². The second kappa shape index (κ2) is 7.68. The summed E-state index contributed by atoms with van der Waals surface area (Å²) in [6.45, 7) is 4.40. The Morgan fingerprint density at radius 3 is 1.64 bits per heavy atom. The molecule has 3 aromatic rings. The zero-order valence-electron chi connectivity index (χ0n) is 15.0. The van der Waals surface area contributed by atoms with Gasteiger partial charge in [-0.05, 0) is 41.5 Å². The highest BCUT2D eigenvalue weighted by Gasteiger charge is 2.35. The second-order valence-corrected chi connectivity index (χ2v) is 9.76. The van der Waals surface area contributed by atoms with Crippen LogP contribution in [0, 0.1) is 0 Å². The Morgan fingerprint density at radius 1 is 0.720 bits per heavy atom. The molecule has 0 N–H and O–H groups in total. The lowest BCUT2D eigenvalue weighted by Crippen LogP contribution is -2.58. The molecular weight excluding hydrogens is 324 g/mol. The number of hydrogen-bond donors (Lipinski definition) is 0. The SMILES string of the molecule is COc1ccc(C(C)O[Si](C)(c2ccccc2)c2ccccc2)cc1. The molecule has 0 saturated heterocycles. The van der Waals surface area contributed by atoms with E-state index >= 15 is 0 Å². The summed E-state index contributed by atoms with van der Waals surface area (Å²) in [5, 5.41) is 2.56. The van der Waals surface area contributed by atoms with Crippen LogP contribution in [0.2, 0.25) is 6.55 Å². The Kier molecular flexibility index (Phi) is 5.36. The minimum Gasteiger partial charge on any atom is -0.497 e. The molecule has 1 unspecified atom stereocenters. The number of benzene rings is 3. The summed E-state index contributed by atoms with van der Waals surface area (Å²) in [7, 11) is -0.616. The highest BCUT2D eigenvalue weighted by molar-refractivity contribution is 6.96. The monoisotopic (exact) mass is 348 g/mol. The zero-order valence-corrected chi connectivity index (χ0v) is 16.0. The zero-order chi connectivity index (χ0) is 17.7. The molecule has 128 valence electrons. The van der Waals surface area contributed by atoms with Gasteiger partial charge in [-0.2, -0.15) is 0 Å². The van der Waals surface area contributed by atoms with Crippen molar-refractivity contribution in [3.63, 3.8) is 0 Å². The van der Waals surface area contributed by atoms with Crippen LogP contribution in [-0.2, 0) is 4.43 Å². The molecule has 0 aliphatic rings. The van der Waals surface area contributed by atoms with Crippen LogP contribution in [0.4, 0.5) is 0 Å². The van der Waals surface area contributed by atoms with Gasteiger partial charge in [-0.1, -0.05) is 72.8 Å². The van der Waals surface area contributed by atoms with Crippen molar-refractivity contribution in [2.75, 3.05) is 7.11 Å². The number of hydrogen-bond acceptors (Lipinski definition) is 2. The summed E-state index contributed by atoms with van der Waals surface area (Å²) in [5.41, 5.74) is 1.16. The maximum absolute atomic E-state index is 6.77. The third-order valence-electron chi connectivity index (χ3n) is 4.65. The Morgan fingerprint density at radius 2 is 1.20 bits per heavy atom. The second-order valence-electron chi connectivity index (χ2n) is 6.30. The highest BCUT2D eigenvalue weighted by Crippen LogP contribution is 2.24. The molecule has 0 radical (unpaired) electrons. The first-order chi connectivity index (χ1) is 12.1. The standard InChI is InChI=1S/C22H24O2Si/c1-18(19-14-16-20(23-2)17-15-19)24-25(3,21-10-6-4-7-11-21)22-12-8-5-9-13-22/h4-18H,1-3H3. The topological polar surface area (TPSA) is 18.5 Å². The third kappa shape index (κ3) is 3.84. The van der Waals surface area contributed by atoms with Gasteiger partial charge in [-0.25, -0.2) is 0 Å². The Bertz CT molecular complexity index is 746. The van der Waals surface area contributed by atoms with E-state index in [1.54, 1.807) is 7.11 Å². The molecule has 0 saturated carbocycles. The lowest BCUT2D eigenvalue weighted by molar-refractivity contribution is 0.225. The van der Waals surface area contributed by atoms with Gasteiger partial charge >= 0.3 is 0 Å². The van der Waals surface area contributed by atoms with E-state index in [1.807, 2.05) is 12.1 Å². The first kappa shape index (κ1) is 17.5. The van der Waals surface area contributed by atoms with Gasteiger partial charge in [0, 0.05) is 0 Å². The maximum Gasteiger partial charge on any atom is 0.253 e. The molecule has 3 rings (SSSR count). The first-order valence-corrected chi connectivity index (χ1v) is 11.0. The van der Waals surface area contributed by atoms with E-state index in [2.05, 4.69) is 86.3 Å². The summed E-state index contributed by atoms with van der Waals surface area (Å²) < 4.78 is 12.0. The molecule has 0 fully saturated rings. The third-order valence-corrected chi connectivity index (χ3v) is 8.34. The van der Waals surface area contributed by atoms with Crippen molar-refractivity contribution in [1.29, 1.82) is 0 Å². The molecule has 0 aliphatic heterocycles. The van der Waals surface area contributed by atoms with Gasteiger partial charge in [0.2, 0.25) is 0 Å². The fourth-order valence-electron chi connectivity index (χ4n) is 3.11. The summed E-state index contributed by atoms with van der Waals surface area (Å²) in [6.07, 6.45) is 0.00276. The predicted octanol–water partition coefficient (Wildman–Crippen LogP) is 4.16. The summed E-state index contributed by atoms with van der Waals surface area (Å²) in [4.78, 5) is 0. The molecule has 0 heterocycles. The molecule has 1 atom stereocenters. The van der Waals surface area contributed by atoms with Crippen molar-refractivity contribution in [2.45, 2.75) is 19.6 Å². The van der Waals surface area contributed by atoms with Crippen LogP contribution >= 0.6 is 0 Å². The molecule has 3 aromatic carbocycles. The minimum absolute atomic E-state index is 0.00276. The van der Waals surface area contributed by atoms with Crippen molar-refractivity contribution in [3.8, 4) is 5.75 Å². The molecule has 0 aromatic heterocycles. The van der Waals surface area contributed by atoms with Gasteiger partial charge in [-0.3, -0.25) is 0 Å². The van der Waals surface area contributed by atoms with Crippen molar-refractivity contribution in [1.82, 2.24) is 0 Å². The fourth-order valence-corrected chi connectivity index (χ4v) is 6.22. The van der Waals surface area contributed by atoms with Crippen LogP contribution in [0.5, 0.6) is 5.75 Å². The number of methoxy groups -OCH3 is 1. The Balaban J connectivity index is 1.95. The van der Waals surface area contributed by atoms with Crippen molar-refractivity contribution in [2.24, 2.45) is 0 Å². The van der Waals surface area contributed by atoms with Crippen molar-refractivity contribution >= 4 is 18.7 Å². The molecule has 0 bridgehead atoms. The van der Waals surface area contributed by atoms with Crippen molar-refractivity contribution in [3.05, 3.63) is 90.5 Å². The van der Waals surface area contributed by atoms with Gasteiger partial charge in [0.05, 0.1) is 13.2 Å². The average molecular weight is 349 g/mol. The van der Waals surface area contributed by atoms with E-state index in [0.717, 1.165) is 11.3 Å². The Labute approximate surface area is 151 Å². The van der Waals surface area contributed by atoms with Gasteiger partial charge in [0.15, 0.2) is 0 Å². The van der Waals surface area contributed by atoms with Gasteiger partial charge in [0.1, 0.15) is 5.75 Å². The number of ether oxygens (including phenoxy) is 1. The van der Waals surface area contributed by atoms with Crippen molar-refractivity contribution < 1.29 is 9.16 Å². The molecule has 0 aliphatic carbocycles. The van der Waals surface area contributed by atoms with Crippen LogP contribution in [0.15, 0.2) is 84.9 Å². The fraction of sp³-hybridized carbons (Fsp3) is 0.182. The van der Waals surface area contributed by atoms with Crippen LogP contribution in [-0.4, -0.2) is 15.4 Å². The highest BCUT2D eigenvalue weighted by atomic mass is 28.4. The smallest absolute Gasteiger partial charge is 0.253 e. The van der Waals surface area contributed by atoms with E-state index in [9.17, 15) is 0 Å². The summed E-state index contributed by atoms with van der Waals surface area (Å²) in [6, 6.07) is 29.3. The molecule has 25 heavy (non-hydrogen) atoms. The minimum atomic E-state index is -2.30. The lowest BCUT2D eigenvalue weighted by atomic mass is 10.1. The summed E-state index contributed by atoms with van der Waals surface area (Å²) in [5.74, 6) is 0.863. The van der Waals surface area contributed by atoms with E-state index < -0.39 is 8.32 Å². The van der Waals surface area contributed by atoms with E-state index in [-0.39, 0.29) is 6.10 Å². The molecular formula is C22H24O2Si. The summed E-state index contributed by atoms with van der Waals surface area (Å²) >= 11 is 0. The van der Waals surface area contributed by atoms with Gasteiger partial charge < -0.3 is 9.16 Å². The Hall–Kier alpha value is -2.36. The lowest BCUT2D eigenvalue weighted by Gasteiger charge is -2.32. The average Bonchev–Trinajstić information content (AvgIpc) is 2.69. The molecule has 3 heteroatoms. The normalized spacial score (nSPS) is 12.6. The molecule has 2 nitrogen and oxygen atoms in total. The van der Waals surface area contributed by atoms with Crippen LogP contribution in [0.3, 0.4) is 0 Å². The number of rotatable bonds is 6. The van der Waals surface area contributed by atoms with E-state index in [4.69, 9.17) is 9.16 Å². The molecule has 0 amide bonds. The van der Waals surface area contributed by atoms with Crippen LogP contribution in [0.25, 0.3) is 0 Å². The van der Waals surface area contributed by atoms with E-state index in [0.29, 0.717) is 0 Å². The first-order valence-electron chi connectivity index (χ1n) is 8.56. The predicted molar refractivity (Wildman–Crippen MR) is 106 cm³/mol. The van der Waals surface area contributed by atoms with E-state index in [1.165, 1.54) is 10.4 Å². The largest absolute Gasteiger partial charge is 0.497 e. The van der Waals surface area contributed by atoms with Crippen LogP contribution < -0.4 is 15.1 Å². The molecule has 0 spiro atoms. The quantitative estimate of drug-likeness (QED) is 0.623. The maximum atomic E-state index is 6.77. The van der Waals surface area contributed by atoms with Crippen LogP contribution in [0.1, 0.15) is 18.6 Å². The van der Waals surface area contributed by atoms with Gasteiger partial charge in [-0.15, -0.1) is 0 Å².